The van der Waals surface area contributed by atoms with Gasteiger partial charge in [-0.15, -0.1) is 0 Å². The zero-order valence-electron chi connectivity index (χ0n) is 11.0. The SMILES string of the molecule is Cc1cccc(N)c1S(=O)(=O)NC1CCC(O)CC1. The van der Waals surface area contributed by atoms with E-state index in [-0.39, 0.29) is 22.7 Å². The highest BCUT2D eigenvalue weighted by atomic mass is 32.2. The lowest BCUT2D eigenvalue weighted by atomic mass is 9.94. The highest BCUT2D eigenvalue weighted by Gasteiger charge is 2.26. The van der Waals surface area contributed by atoms with Gasteiger partial charge in [-0.1, -0.05) is 12.1 Å². The van der Waals surface area contributed by atoms with Gasteiger partial charge in [0, 0.05) is 6.04 Å². The number of hydrogen-bond acceptors (Lipinski definition) is 4. The molecule has 1 saturated carbocycles. The second kappa shape index (κ2) is 5.48. The Morgan fingerprint density at radius 3 is 2.47 bits per heavy atom. The van der Waals surface area contributed by atoms with Crippen LogP contribution < -0.4 is 10.5 Å². The van der Waals surface area contributed by atoms with Crippen LogP contribution in [0.3, 0.4) is 0 Å². The van der Waals surface area contributed by atoms with Crippen molar-refractivity contribution in [3.63, 3.8) is 0 Å². The van der Waals surface area contributed by atoms with Crippen molar-refractivity contribution in [2.45, 2.75) is 49.6 Å². The summed E-state index contributed by atoms with van der Waals surface area (Å²) in [5, 5.41) is 9.43. The Morgan fingerprint density at radius 2 is 1.89 bits per heavy atom. The smallest absolute Gasteiger partial charge is 0.243 e. The Labute approximate surface area is 113 Å². The molecule has 1 aromatic rings. The van der Waals surface area contributed by atoms with Crippen LogP contribution in [0, 0.1) is 6.92 Å². The zero-order chi connectivity index (χ0) is 14.0. The van der Waals surface area contributed by atoms with Crippen LogP contribution >= 0.6 is 0 Å². The molecule has 0 heterocycles. The standard InChI is InChI=1S/C13H20N2O3S/c1-9-3-2-4-12(14)13(9)19(17,18)15-10-5-7-11(16)8-6-10/h2-4,10-11,15-16H,5-8,14H2,1H3. The van der Waals surface area contributed by atoms with E-state index >= 15 is 0 Å². The molecule has 0 saturated heterocycles. The molecule has 19 heavy (non-hydrogen) atoms. The van der Waals surface area contributed by atoms with E-state index in [4.69, 9.17) is 5.73 Å². The largest absolute Gasteiger partial charge is 0.398 e. The number of anilines is 1. The predicted molar refractivity (Wildman–Crippen MR) is 74.2 cm³/mol. The molecule has 1 fully saturated rings. The molecule has 0 amide bonds. The summed E-state index contributed by atoms with van der Waals surface area (Å²) in [5.41, 5.74) is 6.68. The van der Waals surface area contributed by atoms with Crippen LogP contribution in [0.25, 0.3) is 0 Å². The minimum atomic E-state index is -3.60. The van der Waals surface area contributed by atoms with Crippen LogP contribution in [0.1, 0.15) is 31.2 Å². The average molecular weight is 284 g/mol. The van der Waals surface area contributed by atoms with Gasteiger partial charge in [-0.05, 0) is 44.2 Å². The molecular weight excluding hydrogens is 264 g/mol. The van der Waals surface area contributed by atoms with Gasteiger partial charge in [0.2, 0.25) is 10.0 Å². The quantitative estimate of drug-likeness (QED) is 0.726. The van der Waals surface area contributed by atoms with Crippen molar-refractivity contribution >= 4 is 15.7 Å². The summed E-state index contributed by atoms with van der Waals surface area (Å²) in [6, 6.07) is 4.94. The molecule has 6 heteroatoms. The molecule has 2 rings (SSSR count). The highest BCUT2D eigenvalue weighted by Crippen LogP contribution is 2.25. The first-order chi connectivity index (χ1) is 8.90. The molecular formula is C13H20N2O3S. The van der Waals surface area contributed by atoms with Gasteiger partial charge in [-0.2, -0.15) is 0 Å². The molecule has 0 spiro atoms. The summed E-state index contributed by atoms with van der Waals surface area (Å²) >= 11 is 0. The topological polar surface area (TPSA) is 92.4 Å². The summed E-state index contributed by atoms with van der Waals surface area (Å²) in [6.45, 7) is 1.73. The van der Waals surface area contributed by atoms with E-state index < -0.39 is 10.0 Å². The monoisotopic (exact) mass is 284 g/mol. The van der Waals surface area contributed by atoms with Gasteiger partial charge in [0.1, 0.15) is 4.90 Å². The molecule has 1 aromatic carbocycles. The van der Waals surface area contributed by atoms with Crippen molar-refractivity contribution < 1.29 is 13.5 Å². The molecule has 106 valence electrons. The molecule has 0 aromatic heterocycles. The summed E-state index contributed by atoms with van der Waals surface area (Å²) in [7, 11) is -3.60. The predicted octanol–water partition coefficient (Wildman–Crippen LogP) is 1.16. The lowest BCUT2D eigenvalue weighted by Gasteiger charge is -2.26. The van der Waals surface area contributed by atoms with Crippen molar-refractivity contribution in [1.29, 1.82) is 0 Å². The van der Waals surface area contributed by atoms with E-state index in [2.05, 4.69) is 4.72 Å². The number of sulfonamides is 1. The molecule has 0 unspecified atom stereocenters. The first-order valence-corrected chi connectivity index (χ1v) is 7.94. The van der Waals surface area contributed by atoms with Crippen molar-refractivity contribution in [3.05, 3.63) is 23.8 Å². The van der Waals surface area contributed by atoms with Gasteiger partial charge >= 0.3 is 0 Å². The van der Waals surface area contributed by atoms with Crippen molar-refractivity contribution in [1.82, 2.24) is 4.72 Å². The number of rotatable bonds is 3. The molecule has 0 aliphatic heterocycles. The third-order valence-corrected chi connectivity index (χ3v) is 5.27. The summed E-state index contributed by atoms with van der Waals surface area (Å²) < 4.78 is 27.4. The molecule has 1 aliphatic carbocycles. The van der Waals surface area contributed by atoms with E-state index in [1.807, 2.05) is 0 Å². The Morgan fingerprint density at radius 1 is 1.26 bits per heavy atom. The van der Waals surface area contributed by atoms with Gasteiger partial charge in [0.15, 0.2) is 0 Å². The second-order valence-electron chi connectivity index (χ2n) is 5.12. The zero-order valence-corrected chi connectivity index (χ0v) is 11.8. The van der Waals surface area contributed by atoms with Crippen LogP contribution in [-0.2, 0) is 10.0 Å². The Balaban J connectivity index is 2.19. The lowest BCUT2D eigenvalue weighted by molar-refractivity contribution is 0.120. The third-order valence-electron chi connectivity index (χ3n) is 3.53. The lowest BCUT2D eigenvalue weighted by Crippen LogP contribution is -2.39. The van der Waals surface area contributed by atoms with E-state index in [0.29, 0.717) is 31.2 Å². The maximum atomic E-state index is 12.4. The van der Waals surface area contributed by atoms with Crippen LogP contribution in [0.5, 0.6) is 0 Å². The van der Waals surface area contributed by atoms with Crippen molar-refractivity contribution in [2.24, 2.45) is 0 Å². The normalized spacial score (nSPS) is 24.3. The van der Waals surface area contributed by atoms with Crippen LogP contribution in [0.2, 0.25) is 0 Å². The van der Waals surface area contributed by atoms with Crippen molar-refractivity contribution in [2.75, 3.05) is 5.73 Å². The van der Waals surface area contributed by atoms with E-state index in [9.17, 15) is 13.5 Å². The van der Waals surface area contributed by atoms with Gasteiger partial charge in [-0.3, -0.25) is 0 Å². The van der Waals surface area contributed by atoms with Crippen LogP contribution in [0.4, 0.5) is 5.69 Å². The Hall–Kier alpha value is -1.11. The van der Waals surface area contributed by atoms with Gasteiger partial charge in [-0.25, -0.2) is 13.1 Å². The van der Waals surface area contributed by atoms with E-state index in [1.54, 1.807) is 25.1 Å². The van der Waals surface area contributed by atoms with Gasteiger partial charge < -0.3 is 10.8 Å². The van der Waals surface area contributed by atoms with Crippen LogP contribution in [-0.4, -0.2) is 25.7 Å². The molecule has 5 nitrogen and oxygen atoms in total. The number of aliphatic hydroxyl groups is 1. The molecule has 0 radical (unpaired) electrons. The van der Waals surface area contributed by atoms with Gasteiger partial charge in [0.05, 0.1) is 11.8 Å². The maximum absolute atomic E-state index is 12.4. The summed E-state index contributed by atoms with van der Waals surface area (Å²) in [4.78, 5) is 0.168. The third kappa shape index (κ3) is 3.26. The number of aryl methyl sites for hydroxylation is 1. The number of nitrogens with two attached hydrogens (primary N) is 1. The fourth-order valence-corrected chi connectivity index (χ4v) is 4.18. The summed E-state index contributed by atoms with van der Waals surface area (Å²) in [6.07, 6.45) is 2.29. The average Bonchev–Trinajstić information content (AvgIpc) is 2.31. The number of benzene rings is 1. The van der Waals surface area contributed by atoms with E-state index in [0.717, 1.165) is 0 Å². The fourth-order valence-electron chi connectivity index (χ4n) is 2.51. The second-order valence-corrected chi connectivity index (χ2v) is 6.77. The van der Waals surface area contributed by atoms with Gasteiger partial charge in [0.25, 0.3) is 0 Å². The minimum Gasteiger partial charge on any atom is -0.398 e. The first kappa shape index (κ1) is 14.3. The summed E-state index contributed by atoms with van der Waals surface area (Å²) in [5.74, 6) is 0. The Bertz CT molecular complexity index is 529. The maximum Gasteiger partial charge on any atom is 0.243 e. The Kier molecular flexibility index (Phi) is 4.13. The van der Waals surface area contributed by atoms with E-state index in [1.165, 1.54) is 0 Å². The molecule has 0 bridgehead atoms. The number of nitrogens with one attached hydrogen (secondary N) is 1. The van der Waals surface area contributed by atoms with Crippen LogP contribution in [0.15, 0.2) is 23.1 Å². The minimum absolute atomic E-state index is 0.118. The number of aliphatic hydroxyl groups excluding tert-OH is 1. The van der Waals surface area contributed by atoms with Crippen molar-refractivity contribution in [3.8, 4) is 0 Å². The fraction of sp³-hybridized carbons (Fsp3) is 0.538. The highest BCUT2D eigenvalue weighted by molar-refractivity contribution is 7.89. The first-order valence-electron chi connectivity index (χ1n) is 6.45. The molecule has 1 aliphatic rings. The number of hydrogen-bond donors (Lipinski definition) is 3. The number of nitrogen functional groups attached to an aromatic ring is 1. The molecule has 4 N–H and O–H groups in total. The molecule has 0 atom stereocenters.